The van der Waals surface area contributed by atoms with Gasteiger partial charge in [-0.2, -0.15) is 0 Å². The average molecular weight is 270 g/mol. The lowest BCUT2D eigenvalue weighted by atomic mass is 9.84. The van der Waals surface area contributed by atoms with Gasteiger partial charge in [0, 0.05) is 26.1 Å². The maximum atomic E-state index is 12.0. The van der Waals surface area contributed by atoms with Crippen molar-refractivity contribution in [1.29, 1.82) is 0 Å². The number of amides is 1. The molecule has 1 amide bonds. The van der Waals surface area contributed by atoms with Crippen molar-refractivity contribution in [2.24, 2.45) is 11.7 Å². The lowest BCUT2D eigenvalue weighted by Gasteiger charge is -2.26. The fraction of sp³-hybridized carbons (Fsp3) is 0.933. The molecule has 112 valence electrons. The van der Waals surface area contributed by atoms with Crippen LogP contribution in [0, 0.1) is 5.92 Å². The van der Waals surface area contributed by atoms with Gasteiger partial charge >= 0.3 is 0 Å². The summed E-state index contributed by atoms with van der Waals surface area (Å²) in [6, 6.07) is 0.391. The Morgan fingerprint density at radius 1 is 1.32 bits per heavy atom. The number of likely N-dealkylation sites (N-methyl/N-ethyl adjacent to an activating group) is 1. The molecule has 0 aromatic rings. The third-order valence-corrected chi connectivity index (χ3v) is 3.96. The van der Waals surface area contributed by atoms with Gasteiger partial charge in [0.1, 0.15) is 0 Å². The van der Waals surface area contributed by atoms with Crippen LogP contribution in [0.15, 0.2) is 0 Å². The topological polar surface area (TPSA) is 55.6 Å². The molecule has 0 aromatic carbocycles. The average Bonchev–Trinajstić information content (AvgIpc) is 2.37. The minimum Gasteiger partial charge on any atom is -0.377 e. The highest BCUT2D eigenvalue weighted by atomic mass is 16.5. The number of ether oxygens (including phenoxy) is 1. The summed E-state index contributed by atoms with van der Waals surface area (Å²) in [5.41, 5.74) is 5.89. The van der Waals surface area contributed by atoms with E-state index >= 15 is 0 Å². The van der Waals surface area contributed by atoms with Gasteiger partial charge < -0.3 is 15.4 Å². The van der Waals surface area contributed by atoms with E-state index in [1.807, 2.05) is 20.9 Å². The molecular formula is C15H30N2O2. The highest BCUT2D eigenvalue weighted by molar-refractivity contribution is 5.75. The van der Waals surface area contributed by atoms with Gasteiger partial charge in [-0.15, -0.1) is 0 Å². The SMILES string of the molecule is CC(C)OCCN(C)C(=O)CCC1CCC(N)CC1. The summed E-state index contributed by atoms with van der Waals surface area (Å²) in [6.45, 7) is 5.33. The van der Waals surface area contributed by atoms with E-state index in [1.54, 1.807) is 4.90 Å². The molecule has 1 rings (SSSR count). The van der Waals surface area contributed by atoms with Gasteiger partial charge in [-0.1, -0.05) is 0 Å². The predicted octanol–water partition coefficient (Wildman–Crippen LogP) is 2.17. The van der Waals surface area contributed by atoms with E-state index in [2.05, 4.69) is 0 Å². The molecule has 2 N–H and O–H groups in total. The van der Waals surface area contributed by atoms with E-state index in [0.29, 0.717) is 31.5 Å². The van der Waals surface area contributed by atoms with Gasteiger partial charge in [0.2, 0.25) is 5.91 Å². The zero-order valence-corrected chi connectivity index (χ0v) is 12.7. The van der Waals surface area contributed by atoms with Crippen LogP contribution >= 0.6 is 0 Å². The molecule has 19 heavy (non-hydrogen) atoms. The summed E-state index contributed by atoms with van der Waals surface area (Å²) >= 11 is 0. The Bertz CT molecular complexity index is 261. The van der Waals surface area contributed by atoms with Crippen molar-refractivity contribution in [3.8, 4) is 0 Å². The molecule has 1 aliphatic carbocycles. The standard InChI is InChI=1S/C15H30N2O2/c1-12(2)19-11-10-17(3)15(18)9-6-13-4-7-14(16)8-5-13/h12-14H,4-11,16H2,1-3H3. The number of hydrogen-bond acceptors (Lipinski definition) is 3. The van der Waals surface area contributed by atoms with Gasteiger partial charge in [-0.05, 0) is 51.9 Å². The van der Waals surface area contributed by atoms with Crippen LogP contribution in [0.2, 0.25) is 0 Å². The number of rotatable bonds is 7. The minimum absolute atomic E-state index is 0.231. The van der Waals surface area contributed by atoms with Gasteiger partial charge in [-0.3, -0.25) is 4.79 Å². The smallest absolute Gasteiger partial charge is 0.222 e. The summed E-state index contributed by atoms with van der Waals surface area (Å²) in [6.07, 6.45) is 6.53. The van der Waals surface area contributed by atoms with Gasteiger partial charge in [0.15, 0.2) is 0 Å². The minimum atomic E-state index is 0.231. The Kier molecular flexibility index (Phi) is 7.39. The van der Waals surface area contributed by atoms with Crippen molar-refractivity contribution in [3.63, 3.8) is 0 Å². The second-order valence-corrected chi connectivity index (χ2v) is 6.05. The quantitative estimate of drug-likeness (QED) is 0.771. The van der Waals surface area contributed by atoms with Gasteiger partial charge in [0.25, 0.3) is 0 Å². The van der Waals surface area contributed by atoms with Crippen LogP contribution in [0.1, 0.15) is 52.4 Å². The van der Waals surface area contributed by atoms with E-state index in [-0.39, 0.29) is 12.0 Å². The Morgan fingerprint density at radius 3 is 2.53 bits per heavy atom. The van der Waals surface area contributed by atoms with E-state index in [0.717, 1.165) is 19.3 Å². The summed E-state index contributed by atoms with van der Waals surface area (Å²) < 4.78 is 5.46. The fourth-order valence-corrected chi connectivity index (χ4v) is 2.55. The van der Waals surface area contributed by atoms with Crippen LogP contribution in [0.25, 0.3) is 0 Å². The second kappa shape index (κ2) is 8.54. The summed E-state index contributed by atoms with van der Waals surface area (Å²) in [5.74, 6) is 0.936. The highest BCUT2D eigenvalue weighted by Crippen LogP contribution is 2.26. The number of hydrogen-bond donors (Lipinski definition) is 1. The van der Waals surface area contributed by atoms with E-state index in [4.69, 9.17) is 10.5 Å². The third kappa shape index (κ3) is 6.92. The molecule has 0 bridgehead atoms. The molecule has 1 aliphatic rings. The van der Waals surface area contributed by atoms with E-state index in [9.17, 15) is 4.79 Å². The number of carbonyl (C=O) groups excluding carboxylic acids is 1. The van der Waals surface area contributed by atoms with Crippen LogP contribution in [0.5, 0.6) is 0 Å². The van der Waals surface area contributed by atoms with Crippen molar-refractivity contribution in [2.45, 2.75) is 64.5 Å². The normalized spacial score (nSPS) is 23.6. The van der Waals surface area contributed by atoms with Crippen molar-refractivity contribution in [1.82, 2.24) is 4.90 Å². The van der Waals surface area contributed by atoms with Crippen LogP contribution in [-0.4, -0.2) is 43.2 Å². The van der Waals surface area contributed by atoms with Crippen LogP contribution in [-0.2, 0) is 9.53 Å². The first-order chi connectivity index (χ1) is 8.99. The molecule has 0 spiro atoms. The zero-order valence-electron chi connectivity index (χ0n) is 12.7. The summed E-state index contributed by atoms with van der Waals surface area (Å²) in [4.78, 5) is 13.8. The highest BCUT2D eigenvalue weighted by Gasteiger charge is 2.19. The Morgan fingerprint density at radius 2 is 1.95 bits per heavy atom. The molecule has 0 radical (unpaired) electrons. The van der Waals surface area contributed by atoms with Crippen molar-refractivity contribution < 1.29 is 9.53 Å². The molecule has 4 nitrogen and oxygen atoms in total. The molecule has 1 saturated carbocycles. The van der Waals surface area contributed by atoms with Gasteiger partial charge in [0.05, 0.1) is 12.7 Å². The second-order valence-electron chi connectivity index (χ2n) is 6.05. The molecule has 0 heterocycles. The lowest BCUT2D eigenvalue weighted by molar-refractivity contribution is -0.131. The van der Waals surface area contributed by atoms with Gasteiger partial charge in [-0.25, -0.2) is 0 Å². The first-order valence-corrected chi connectivity index (χ1v) is 7.60. The molecule has 0 aliphatic heterocycles. The zero-order chi connectivity index (χ0) is 14.3. The maximum absolute atomic E-state index is 12.0. The monoisotopic (exact) mass is 270 g/mol. The molecule has 0 aromatic heterocycles. The lowest BCUT2D eigenvalue weighted by Crippen LogP contribution is -2.31. The molecule has 0 atom stereocenters. The van der Waals surface area contributed by atoms with Crippen molar-refractivity contribution >= 4 is 5.91 Å². The molecular weight excluding hydrogens is 240 g/mol. The van der Waals surface area contributed by atoms with Crippen molar-refractivity contribution in [3.05, 3.63) is 0 Å². The van der Waals surface area contributed by atoms with E-state index in [1.165, 1.54) is 12.8 Å². The van der Waals surface area contributed by atoms with E-state index < -0.39 is 0 Å². The molecule has 1 fully saturated rings. The number of nitrogens with zero attached hydrogens (tertiary/aromatic N) is 1. The summed E-state index contributed by atoms with van der Waals surface area (Å²) in [5, 5.41) is 0. The third-order valence-electron chi connectivity index (χ3n) is 3.96. The van der Waals surface area contributed by atoms with Crippen LogP contribution in [0.4, 0.5) is 0 Å². The van der Waals surface area contributed by atoms with Crippen LogP contribution in [0.3, 0.4) is 0 Å². The molecule has 0 unspecified atom stereocenters. The fourth-order valence-electron chi connectivity index (χ4n) is 2.55. The first kappa shape index (κ1) is 16.4. The Balaban J connectivity index is 2.12. The van der Waals surface area contributed by atoms with Crippen LogP contribution < -0.4 is 5.73 Å². The number of carbonyl (C=O) groups is 1. The largest absolute Gasteiger partial charge is 0.377 e. The predicted molar refractivity (Wildman–Crippen MR) is 77.9 cm³/mol. The Hall–Kier alpha value is -0.610. The molecule has 0 saturated heterocycles. The first-order valence-electron chi connectivity index (χ1n) is 7.60. The maximum Gasteiger partial charge on any atom is 0.222 e. The van der Waals surface area contributed by atoms with Crippen molar-refractivity contribution in [2.75, 3.05) is 20.2 Å². The summed E-state index contributed by atoms with van der Waals surface area (Å²) in [7, 11) is 1.86. The Labute approximate surface area is 117 Å². The molecule has 4 heteroatoms. The number of nitrogens with two attached hydrogens (primary N) is 1.